The van der Waals surface area contributed by atoms with E-state index in [0.29, 0.717) is 19.4 Å². The van der Waals surface area contributed by atoms with Crippen molar-refractivity contribution in [2.24, 2.45) is 11.3 Å². The van der Waals surface area contributed by atoms with Gasteiger partial charge in [0.25, 0.3) is 0 Å². The number of ether oxygens (including phenoxy) is 1. The van der Waals surface area contributed by atoms with Crippen LogP contribution in [0.25, 0.3) is 0 Å². The van der Waals surface area contributed by atoms with E-state index in [0.717, 1.165) is 25.7 Å². The molecule has 5 nitrogen and oxygen atoms in total. The van der Waals surface area contributed by atoms with E-state index in [9.17, 15) is 13.2 Å². The van der Waals surface area contributed by atoms with Gasteiger partial charge in [-0.3, -0.25) is 4.79 Å². The van der Waals surface area contributed by atoms with Crippen LogP contribution < -0.4 is 4.72 Å². The first-order chi connectivity index (χ1) is 9.44. The highest BCUT2D eigenvalue weighted by Gasteiger charge is 2.43. The van der Waals surface area contributed by atoms with Crippen molar-refractivity contribution in [3.63, 3.8) is 0 Å². The third-order valence-corrected chi connectivity index (χ3v) is 7.08. The highest BCUT2D eigenvalue weighted by atomic mass is 32.2. The van der Waals surface area contributed by atoms with Gasteiger partial charge in [0.1, 0.15) is 0 Å². The second-order valence-electron chi connectivity index (χ2n) is 6.17. The molecule has 6 heteroatoms. The lowest BCUT2D eigenvalue weighted by molar-refractivity contribution is -0.145. The molecule has 0 aromatic carbocycles. The number of methoxy groups -OCH3 is 1. The Kier molecular flexibility index (Phi) is 4.74. The number of rotatable bonds is 6. The summed E-state index contributed by atoms with van der Waals surface area (Å²) in [5.41, 5.74) is 0.145. The first-order valence-electron chi connectivity index (χ1n) is 7.50. The summed E-state index contributed by atoms with van der Waals surface area (Å²) in [7, 11) is -2.12. The summed E-state index contributed by atoms with van der Waals surface area (Å²) in [6.07, 6.45) is 6.30. The van der Waals surface area contributed by atoms with Gasteiger partial charge in [-0.15, -0.1) is 0 Å². The van der Waals surface area contributed by atoms with Crippen molar-refractivity contribution in [2.75, 3.05) is 13.7 Å². The molecule has 2 unspecified atom stereocenters. The van der Waals surface area contributed by atoms with Gasteiger partial charge in [0.2, 0.25) is 10.0 Å². The molecule has 0 amide bonds. The molecule has 20 heavy (non-hydrogen) atoms. The number of carbonyl (C=O) groups excluding carboxylic acids is 1. The lowest BCUT2D eigenvalue weighted by atomic mass is 9.67. The van der Waals surface area contributed by atoms with Gasteiger partial charge in [-0.05, 0) is 37.5 Å². The Bertz CT molecular complexity index is 450. The molecule has 116 valence electrons. The van der Waals surface area contributed by atoms with Crippen LogP contribution in [0.1, 0.15) is 51.9 Å². The molecular formula is C14H25NO4S. The van der Waals surface area contributed by atoms with Crippen LogP contribution in [0.5, 0.6) is 0 Å². The van der Waals surface area contributed by atoms with E-state index in [2.05, 4.69) is 11.6 Å². The number of hydrogen-bond donors (Lipinski definition) is 1. The summed E-state index contributed by atoms with van der Waals surface area (Å²) < 4.78 is 32.4. The Morgan fingerprint density at radius 2 is 2.00 bits per heavy atom. The molecule has 0 spiro atoms. The minimum atomic E-state index is -3.43. The Morgan fingerprint density at radius 1 is 1.30 bits per heavy atom. The molecule has 0 bridgehead atoms. The van der Waals surface area contributed by atoms with E-state index >= 15 is 0 Å². The van der Waals surface area contributed by atoms with Crippen molar-refractivity contribution in [1.82, 2.24) is 4.72 Å². The summed E-state index contributed by atoms with van der Waals surface area (Å²) in [5.74, 6) is -0.900. The third-order valence-electron chi connectivity index (χ3n) is 5.17. The Morgan fingerprint density at radius 3 is 2.50 bits per heavy atom. The largest absolute Gasteiger partial charge is 0.469 e. The maximum absolute atomic E-state index is 12.4. The summed E-state index contributed by atoms with van der Waals surface area (Å²) >= 11 is 0. The van der Waals surface area contributed by atoms with Crippen LogP contribution >= 0.6 is 0 Å². The smallest absolute Gasteiger partial charge is 0.310 e. The van der Waals surface area contributed by atoms with Gasteiger partial charge >= 0.3 is 5.97 Å². The van der Waals surface area contributed by atoms with E-state index in [-0.39, 0.29) is 5.41 Å². The quantitative estimate of drug-likeness (QED) is 0.760. The normalized spacial score (nSPS) is 28.9. The first kappa shape index (κ1) is 15.8. The van der Waals surface area contributed by atoms with Crippen molar-refractivity contribution in [2.45, 2.75) is 57.1 Å². The highest BCUT2D eigenvalue weighted by Crippen LogP contribution is 2.43. The Hall–Kier alpha value is -0.620. The van der Waals surface area contributed by atoms with Crippen molar-refractivity contribution in [3.8, 4) is 0 Å². The van der Waals surface area contributed by atoms with Crippen molar-refractivity contribution < 1.29 is 17.9 Å². The standard InChI is InChI=1S/C14H25NO4S/c1-3-14(8-5-9-14)10-15-20(17,18)12-7-4-6-11(12)13(16)19-2/h11-12,15H,3-10H2,1-2H3. The predicted molar refractivity (Wildman–Crippen MR) is 76.6 cm³/mol. The third kappa shape index (κ3) is 3.01. The lowest BCUT2D eigenvalue weighted by Crippen LogP contribution is -2.46. The van der Waals surface area contributed by atoms with E-state index in [4.69, 9.17) is 4.74 Å². The fraction of sp³-hybridized carbons (Fsp3) is 0.929. The van der Waals surface area contributed by atoms with Crippen LogP contribution in [0.15, 0.2) is 0 Å². The van der Waals surface area contributed by atoms with Crippen LogP contribution in [0, 0.1) is 11.3 Å². The number of carbonyl (C=O) groups is 1. The zero-order chi connectivity index (χ0) is 14.8. The molecule has 0 aromatic rings. The molecule has 2 aliphatic rings. The van der Waals surface area contributed by atoms with E-state index < -0.39 is 27.2 Å². The van der Waals surface area contributed by atoms with E-state index in [1.807, 2.05) is 0 Å². The second-order valence-corrected chi connectivity index (χ2v) is 8.16. The number of esters is 1. The Balaban J connectivity index is 2.00. The SMILES string of the molecule is CCC1(CNS(=O)(=O)C2CCCC2C(=O)OC)CCC1. The van der Waals surface area contributed by atoms with Crippen molar-refractivity contribution >= 4 is 16.0 Å². The molecule has 2 rings (SSSR count). The fourth-order valence-electron chi connectivity index (χ4n) is 3.41. The van der Waals surface area contributed by atoms with Crippen molar-refractivity contribution in [3.05, 3.63) is 0 Å². The molecule has 0 saturated heterocycles. The van der Waals surface area contributed by atoms with E-state index in [1.165, 1.54) is 13.5 Å². The van der Waals surface area contributed by atoms with Gasteiger partial charge in [0.15, 0.2) is 0 Å². The predicted octanol–water partition coefficient (Wildman–Crippen LogP) is 1.83. The van der Waals surface area contributed by atoms with Gasteiger partial charge in [-0.1, -0.05) is 19.8 Å². The highest BCUT2D eigenvalue weighted by molar-refractivity contribution is 7.90. The van der Waals surface area contributed by atoms with Gasteiger partial charge in [0, 0.05) is 6.54 Å². The van der Waals surface area contributed by atoms with Crippen molar-refractivity contribution in [1.29, 1.82) is 0 Å². The molecule has 0 aliphatic heterocycles. The number of hydrogen-bond acceptors (Lipinski definition) is 4. The Labute approximate surface area is 121 Å². The molecule has 2 fully saturated rings. The zero-order valence-electron chi connectivity index (χ0n) is 12.4. The average molecular weight is 303 g/mol. The zero-order valence-corrected chi connectivity index (χ0v) is 13.2. The van der Waals surface area contributed by atoms with E-state index in [1.54, 1.807) is 0 Å². The average Bonchev–Trinajstić information content (AvgIpc) is 2.87. The summed E-state index contributed by atoms with van der Waals surface area (Å²) in [5, 5.41) is -0.621. The molecule has 0 aromatic heterocycles. The molecular weight excluding hydrogens is 278 g/mol. The fourth-order valence-corrected chi connectivity index (χ4v) is 5.29. The monoisotopic (exact) mass is 303 g/mol. The molecule has 0 heterocycles. The maximum atomic E-state index is 12.4. The molecule has 1 N–H and O–H groups in total. The van der Waals surface area contributed by atoms with Gasteiger partial charge in [0.05, 0.1) is 18.3 Å². The van der Waals surface area contributed by atoms with Crippen LogP contribution in [0.2, 0.25) is 0 Å². The first-order valence-corrected chi connectivity index (χ1v) is 9.05. The second kappa shape index (κ2) is 6.02. The van der Waals surface area contributed by atoms with Gasteiger partial charge in [-0.2, -0.15) is 0 Å². The maximum Gasteiger partial charge on any atom is 0.310 e. The van der Waals surface area contributed by atoms with Crippen LogP contribution in [0.3, 0.4) is 0 Å². The molecule has 2 saturated carbocycles. The summed E-state index contributed by atoms with van der Waals surface area (Å²) in [4.78, 5) is 11.7. The van der Waals surface area contributed by atoms with Gasteiger partial charge in [-0.25, -0.2) is 13.1 Å². The van der Waals surface area contributed by atoms with Gasteiger partial charge < -0.3 is 4.74 Å². The lowest BCUT2D eigenvalue weighted by Gasteiger charge is -2.41. The molecule has 0 radical (unpaired) electrons. The number of sulfonamides is 1. The number of nitrogens with one attached hydrogen (secondary N) is 1. The molecule has 2 aliphatic carbocycles. The topological polar surface area (TPSA) is 72.5 Å². The van der Waals surface area contributed by atoms with Crippen LogP contribution in [-0.2, 0) is 19.6 Å². The summed E-state index contributed by atoms with van der Waals surface area (Å²) in [6.45, 7) is 2.62. The summed E-state index contributed by atoms with van der Waals surface area (Å²) in [6, 6.07) is 0. The van der Waals surface area contributed by atoms with Crippen LogP contribution in [0.4, 0.5) is 0 Å². The minimum absolute atomic E-state index is 0.145. The minimum Gasteiger partial charge on any atom is -0.469 e. The van der Waals surface area contributed by atoms with Crippen LogP contribution in [-0.4, -0.2) is 33.3 Å². The molecule has 2 atom stereocenters.